The van der Waals surface area contributed by atoms with E-state index in [4.69, 9.17) is 9.47 Å². The molecule has 0 fully saturated rings. The Bertz CT molecular complexity index is 180. The fourth-order valence-corrected chi connectivity index (χ4v) is 0.743. The summed E-state index contributed by atoms with van der Waals surface area (Å²) in [6, 6.07) is 0. The largest absolute Gasteiger partial charge is 0.460 e. The molecule has 0 N–H and O–H groups in total. The third-order valence-electron chi connectivity index (χ3n) is 1.57. The Morgan fingerprint density at radius 2 is 2.21 bits per heavy atom. The number of esters is 1. The highest BCUT2D eigenvalue weighted by atomic mass is 16.6. The summed E-state index contributed by atoms with van der Waals surface area (Å²) in [4.78, 5) is 12.7. The highest BCUT2D eigenvalue weighted by Gasteiger charge is 2.04. The van der Waals surface area contributed by atoms with Gasteiger partial charge in [-0.15, -0.1) is 0 Å². The van der Waals surface area contributed by atoms with Gasteiger partial charge >= 0.3 is 5.97 Å². The number of nitrogens with zero attached hydrogens (tertiary/aromatic N) is 1. The van der Waals surface area contributed by atoms with Crippen molar-refractivity contribution in [1.82, 2.24) is 4.90 Å². The molecule has 14 heavy (non-hydrogen) atoms. The molecule has 0 saturated carbocycles. The summed E-state index contributed by atoms with van der Waals surface area (Å²) in [6.07, 6.45) is 1.07. The van der Waals surface area contributed by atoms with E-state index in [1.165, 1.54) is 0 Å². The second kappa shape index (κ2) is 7.53. The molecule has 0 spiro atoms. The van der Waals surface area contributed by atoms with Gasteiger partial charge < -0.3 is 14.4 Å². The zero-order chi connectivity index (χ0) is 11.0. The van der Waals surface area contributed by atoms with Gasteiger partial charge in [-0.05, 0) is 21.0 Å². The second-order valence-corrected chi connectivity index (χ2v) is 3.32. The van der Waals surface area contributed by atoms with E-state index in [2.05, 4.69) is 6.58 Å². The molecule has 0 aliphatic carbocycles. The highest BCUT2D eigenvalue weighted by molar-refractivity contribution is 5.81. The number of ether oxygens (including phenoxy) is 2. The van der Waals surface area contributed by atoms with E-state index in [0.717, 1.165) is 12.6 Å². The summed E-state index contributed by atoms with van der Waals surface area (Å²) in [5, 5.41) is 0. The van der Waals surface area contributed by atoms with Crippen LogP contribution in [-0.2, 0) is 14.3 Å². The van der Waals surface area contributed by atoms with Crippen molar-refractivity contribution in [2.75, 3.05) is 33.9 Å². The predicted molar refractivity (Wildman–Crippen MR) is 55.1 cm³/mol. The molecule has 0 rings (SSSR count). The third kappa shape index (κ3) is 7.76. The summed E-state index contributed by atoms with van der Waals surface area (Å²) in [6.45, 7) is 6.94. The molecule has 0 aliphatic rings. The summed E-state index contributed by atoms with van der Waals surface area (Å²) >= 11 is 0. The highest BCUT2D eigenvalue weighted by Crippen LogP contribution is 1.93. The Labute approximate surface area is 85.5 Å². The minimum atomic E-state index is -0.409. The summed E-state index contributed by atoms with van der Waals surface area (Å²) < 4.78 is 10.2. The summed E-state index contributed by atoms with van der Waals surface area (Å²) in [5.41, 5.74) is 0. The predicted octanol–water partition coefficient (Wildman–Crippen LogP) is 0.682. The van der Waals surface area contributed by atoms with Crippen molar-refractivity contribution in [3.05, 3.63) is 12.7 Å². The van der Waals surface area contributed by atoms with Gasteiger partial charge in [0.25, 0.3) is 0 Å². The van der Waals surface area contributed by atoms with Crippen molar-refractivity contribution in [3.63, 3.8) is 0 Å². The average Bonchev–Trinajstić information content (AvgIpc) is 2.13. The lowest BCUT2D eigenvalue weighted by Crippen LogP contribution is -2.24. The first-order valence-corrected chi connectivity index (χ1v) is 4.61. The van der Waals surface area contributed by atoms with Gasteiger partial charge in [0.2, 0.25) is 0 Å². The van der Waals surface area contributed by atoms with Crippen LogP contribution >= 0.6 is 0 Å². The maximum Gasteiger partial charge on any atom is 0.330 e. The Morgan fingerprint density at radius 1 is 1.57 bits per heavy atom. The van der Waals surface area contributed by atoms with Gasteiger partial charge in [0.05, 0.1) is 12.7 Å². The smallest absolute Gasteiger partial charge is 0.330 e. The van der Waals surface area contributed by atoms with E-state index in [9.17, 15) is 4.79 Å². The van der Waals surface area contributed by atoms with Crippen molar-refractivity contribution in [3.8, 4) is 0 Å². The molecule has 4 heteroatoms. The molecular weight excluding hydrogens is 182 g/mol. The van der Waals surface area contributed by atoms with E-state index in [1.807, 2.05) is 25.9 Å². The zero-order valence-corrected chi connectivity index (χ0v) is 9.16. The molecule has 0 aromatic carbocycles. The van der Waals surface area contributed by atoms with Gasteiger partial charge in [0.15, 0.2) is 0 Å². The normalized spacial score (nSPS) is 12.6. The lowest BCUT2D eigenvalue weighted by molar-refractivity contribution is -0.141. The number of hydrogen-bond donors (Lipinski definition) is 0. The number of carbonyl (C=O) groups excluding carboxylic acids is 1. The van der Waals surface area contributed by atoms with Crippen LogP contribution in [0.1, 0.15) is 6.92 Å². The van der Waals surface area contributed by atoms with Crippen LogP contribution in [0.4, 0.5) is 0 Å². The van der Waals surface area contributed by atoms with Crippen LogP contribution in [0.2, 0.25) is 0 Å². The molecule has 0 aromatic rings. The molecule has 82 valence electrons. The Morgan fingerprint density at radius 3 is 2.71 bits per heavy atom. The van der Waals surface area contributed by atoms with Crippen molar-refractivity contribution in [2.45, 2.75) is 13.0 Å². The molecule has 0 aromatic heterocycles. The van der Waals surface area contributed by atoms with Crippen LogP contribution in [0.25, 0.3) is 0 Å². The Hall–Kier alpha value is -0.870. The quantitative estimate of drug-likeness (QED) is 0.448. The van der Waals surface area contributed by atoms with E-state index >= 15 is 0 Å². The van der Waals surface area contributed by atoms with Gasteiger partial charge in [-0.2, -0.15) is 0 Å². The topological polar surface area (TPSA) is 38.8 Å². The fraction of sp³-hybridized carbons (Fsp3) is 0.700. The van der Waals surface area contributed by atoms with Crippen LogP contribution in [0.15, 0.2) is 12.7 Å². The lowest BCUT2D eigenvalue weighted by Gasteiger charge is -2.15. The monoisotopic (exact) mass is 201 g/mol. The zero-order valence-electron chi connectivity index (χ0n) is 9.16. The maximum absolute atomic E-state index is 10.7. The number of rotatable bonds is 7. The Kier molecular flexibility index (Phi) is 7.06. The van der Waals surface area contributed by atoms with Crippen LogP contribution in [0.3, 0.4) is 0 Å². The van der Waals surface area contributed by atoms with Gasteiger partial charge in [0, 0.05) is 12.6 Å². The molecule has 4 nitrogen and oxygen atoms in total. The van der Waals surface area contributed by atoms with E-state index in [0.29, 0.717) is 6.61 Å². The summed E-state index contributed by atoms with van der Waals surface area (Å²) in [7, 11) is 3.96. The van der Waals surface area contributed by atoms with Crippen LogP contribution in [0.5, 0.6) is 0 Å². The number of carbonyl (C=O) groups is 1. The van der Waals surface area contributed by atoms with E-state index < -0.39 is 5.97 Å². The minimum Gasteiger partial charge on any atom is -0.460 e. The fourth-order valence-electron chi connectivity index (χ4n) is 0.743. The number of hydrogen-bond acceptors (Lipinski definition) is 4. The molecule has 0 saturated heterocycles. The molecule has 0 heterocycles. The van der Waals surface area contributed by atoms with Crippen LogP contribution < -0.4 is 0 Å². The average molecular weight is 201 g/mol. The minimum absolute atomic E-state index is 0.0705. The van der Waals surface area contributed by atoms with E-state index in [1.54, 1.807) is 0 Å². The van der Waals surface area contributed by atoms with Crippen LogP contribution in [-0.4, -0.2) is 50.8 Å². The Balaban J connectivity index is 3.41. The first-order chi connectivity index (χ1) is 6.56. The maximum atomic E-state index is 10.7. The molecule has 1 unspecified atom stereocenters. The van der Waals surface area contributed by atoms with Gasteiger partial charge in [-0.3, -0.25) is 0 Å². The van der Waals surface area contributed by atoms with Crippen molar-refractivity contribution in [2.24, 2.45) is 0 Å². The van der Waals surface area contributed by atoms with Gasteiger partial charge in [0.1, 0.15) is 6.61 Å². The van der Waals surface area contributed by atoms with Gasteiger partial charge in [-0.25, -0.2) is 4.79 Å². The SMILES string of the molecule is C=CC(=O)OCC(C)OCCN(C)C. The van der Waals surface area contributed by atoms with Crippen molar-refractivity contribution in [1.29, 1.82) is 0 Å². The standard InChI is InChI=1S/C10H19NO3/c1-5-10(12)14-8-9(2)13-7-6-11(3)4/h5,9H,1,6-8H2,2-4H3. The third-order valence-corrected chi connectivity index (χ3v) is 1.57. The van der Waals surface area contributed by atoms with E-state index in [-0.39, 0.29) is 12.7 Å². The first kappa shape index (κ1) is 13.1. The number of likely N-dealkylation sites (N-methyl/N-ethyl adjacent to an activating group) is 1. The second-order valence-electron chi connectivity index (χ2n) is 3.32. The van der Waals surface area contributed by atoms with Crippen LogP contribution in [0, 0.1) is 0 Å². The lowest BCUT2D eigenvalue weighted by atomic mass is 10.4. The molecule has 0 aliphatic heterocycles. The first-order valence-electron chi connectivity index (χ1n) is 4.61. The van der Waals surface area contributed by atoms with Crippen molar-refractivity contribution >= 4 is 5.97 Å². The summed E-state index contributed by atoms with van der Waals surface area (Å²) in [5.74, 6) is -0.409. The van der Waals surface area contributed by atoms with Gasteiger partial charge in [-0.1, -0.05) is 6.58 Å². The molecule has 1 atom stereocenters. The molecule has 0 bridgehead atoms. The van der Waals surface area contributed by atoms with Crippen molar-refractivity contribution < 1.29 is 14.3 Å². The molecule has 0 radical (unpaired) electrons. The molecular formula is C10H19NO3. The molecule has 0 amide bonds.